The summed E-state index contributed by atoms with van der Waals surface area (Å²) in [6.45, 7) is 5.74. The Morgan fingerprint density at radius 1 is 1.16 bits per heavy atom. The summed E-state index contributed by atoms with van der Waals surface area (Å²) in [5.74, 6) is 0.400. The molecule has 3 aromatic rings. The molecule has 0 unspecified atom stereocenters. The molecule has 0 N–H and O–H groups in total. The smallest absolute Gasteiger partial charge is 0.416 e. The molecule has 5 nitrogen and oxygen atoms in total. The first-order valence-corrected chi connectivity index (χ1v) is 9.87. The van der Waals surface area contributed by atoms with Gasteiger partial charge in [0, 0.05) is 11.1 Å². The van der Waals surface area contributed by atoms with Crippen molar-refractivity contribution >= 4 is 12.0 Å². The number of benzene rings is 2. The van der Waals surface area contributed by atoms with E-state index in [1.54, 1.807) is 26.0 Å². The second kappa shape index (κ2) is 9.72. The van der Waals surface area contributed by atoms with E-state index in [0.29, 0.717) is 29.2 Å². The van der Waals surface area contributed by atoms with Gasteiger partial charge in [-0.2, -0.15) is 13.2 Å². The SMILES string of the molecule is CCOC(=O)/C(C)=C/c1cc(C)cc(OCc2coc(-c3ccc(C(F)(F)F)cc3)n2)c1. The van der Waals surface area contributed by atoms with Gasteiger partial charge < -0.3 is 13.9 Å². The predicted molar refractivity (Wildman–Crippen MR) is 113 cm³/mol. The zero-order valence-electron chi connectivity index (χ0n) is 17.8. The Kier molecular flexibility index (Phi) is 7.02. The molecule has 8 heteroatoms. The molecule has 0 aliphatic heterocycles. The van der Waals surface area contributed by atoms with Gasteiger partial charge in [-0.05, 0) is 74.4 Å². The number of carbonyl (C=O) groups is 1. The Morgan fingerprint density at radius 2 is 1.88 bits per heavy atom. The molecule has 0 amide bonds. The monoisotopic (exact) mass is 445 g/mol. The standard InChI is InChI=1S/C24H22F3NO4/c1-4-30-23(29)16(3)11-17-9-15(2)10-21(12-17)31-13-20-14-32-22(28-20)18-5-7-19(8-6-18)24(25,26)27/h5-12,14H,4,13H2,1-3H3/b16-11+. The van der Waals surface area contributed by atoms with E-state index in [4.69, 9.17) is 13.9 Å². The van der Waals surface area contributed by atoms with Crippen LogP contribution >= 0.6 is 0 Å². The fourth-order valence-corrected chi connectivity index (χ4v) is 2.96. The van der Waals surface area contributed by atoms with Crippen LogP contribution in [0.25, 0.3) is 17.5 Å². The molecule has 0 radical (unpaired) electrons. The quantitative estimate of drug-likeness (QED) is 0.319. The molecule has 0 aliphatic rings. The van der Waals surface area contributed by atoms with Crippen LogP contribution in [0.3, 0.4) is 0 Å². The van der Waals surface area contributed by atoms with Gasteiger partial charge in [-0.3, -0.25) is 0 Å². The maximum absolute atomic E-state index is 12.7. The summed E-state index contributed by atoms with van der Waals surface area (Å²) in [6, 6.07) is 10.1. The number of esters is 1. The van der Waals surface area contributed by atoms with Crippen molar-refractivity contribution in [2.45, 2.75) is 33.6 Å². The van der Waals surface area contributed by atoms with Crippen LogP contribution in [0.15, 0.2) is 58.7 Å². The number of aryl methyl sites for hydroxylation is 1. The molecular weight excluding hydrogens is 423 g/mol. The summed E-state index contributed by atoms with van der Waals surface area (Å²) in [5, 5.41) is 0. The van der Waals surface area contributed by atoms with Crippen molar-refractivity contribution < 1.29 is 31.9 Å². The lowest BCUT2D eigenvalue weighted by atomic mass is 10.1. The van der Waals surface area contributed by atoms with E-state index < -0.39 is 11.7 Å². The van der Waals surface area contributed by atoms with Crippen LogP contribution in [0.2, 0.25) is 0 Å². The normalized spacial score (nSPS) is 12.0. The van der Waals surface area contributed by atoms with Gasteiger partial charge in [-0.15, -0.1) is 0 Å². The second-order valence-electron chi connectivity index (χ2n) is 7.13. The molecule has 1 heterocycles. The molecule has 3 rings (SSSR count). The summed E-state index contributed by atoms with van der Waals surface area (Å²) < 4.78 is 54.3. The Balaban J connectivity index is 1.69. The van der Waals surface area contributed by atoms with Crippen LogP contribution in [0.4, 0.5) is 13.2 Å². The highest BCUT2D eigenvalue weighted by Gasteiger charge is 2.30. The maximum Gasteiger partial charge on any atom is 0.416 e. The van der Waals surface area contributed by atoms with Gasteiger partial charge in [-0.1, -0.05) is 6.07 Å². The topological polar surface area (TPSA) is 61.6 Å². The van der Waals surface area contributed by atoms with Gasteiger partial charge in [-0.25, -0.2) is 9.78 Å². The van der Waals surface area contributed by atoms with Crippen molar-refractivity contribution in [3.05, 3.63) is 76.7 Å². The number of alkyl halides is 3. The van der Waals surface area contributed by atoms with E-state index in [1.807, 2.05) is 19.1 Å². The van der Waals surface area contributed by atoms with E-state index in [0.717, 1.165) is 23.3 Å². The summed E-state index contributed by atoms with van der Waals surface area (Å²) in [5.41, 5.74) is 2.38. The van der Waals surface area contributed by atoms with Gasteiger partial charge in [0.1, 0.15) is 24.3 Å². The highest BCUT2D eigenvalue weighted by atomic mass is 19.4. The van der Waals surface area contributed by atoms with Gasteiger partial charge in [0.2, 0.25) is 5.89 Å². The first-order valence-electron chi connectivity index (χ1n) is 9.87. The zero-order chi connectivity index (χ0) is 23.3. The third kappa shape index (κ3) is 6.00. The third-order valence-corrected chi connectivity index (χ3v) is 4.45. The summed E-state index contributed by atoms with van der Waals surface area (Å²) in [7, 11) is 0. The highest BCUT2D eigenvalue weighted by Crippen LogP contribution is 2.31. The Hall–Kier alpha value is -3.55. The number of hydrogen-bond acceptors (Lipinski definition) is 5. The van der Waals surface area contributed by atoms with E-state index >= 15 is 0 Å². The average molecular weight is 445 g/mol. The first-order chi connectivity index (χ1) is 15.2. The number of hydrogen-bond donors (Lipinski definition) is 0. The number of rotatable bonds is 7. The Bertz CT molecular complexity index is 1120. The molecule has 0 atom stereocenters. The minimum atomic E-state index is -4.40. The van der Waals surface area contributed by atoms with Crippen molar-refractivity contribution in [1.29, 1.82) is 0 Å². The van der Waals surface area contributed by atoms with Gasteiger partial charge in [0.25, 0.3) is 0 Å². The van der Waals surface area contributed by atoms with Crippen molar-refractivity contribution in [2.75, 3.05) is 6.61 Å². The van der Waals surface area contributed by atoms with Crippen LogP contribution in [0, 0.1) is 6.92 Å². The van der Waals surface area contributed by atoms with E-state index in [-0.39, 0.29) is 18.5 Å². The molecule has 168 valence electrons. The van der Waals surface area contributed by atoms with Crippen molar-refractivity contribution in [2.24, 2.45) is 0 Å². The molecule has 0 bridgehead atoms. The Morgan fingerprint density at radius 3 is 2.53 bits per heavy atom. The first kappa shape index (κ1) is 23.1. The summed E-state index contributed by atoms with van der Waals surface area (Å²) in [4.78, 5) is 16.1. The van der Waals surface area contributed by atoms with Crippen LogP contribution in [-0.2, 0) is 22.3 Å². The molecule has 0 fully saturated rings. The van der Waals surface area contributed by atoms with E-state index in [9.17, 15) is 18.0 Å². The van der Waals surface area contributed by atoms with Crippen LogP contribution in [-0.4, -0.2) is 17.6 Å². The third-order valence-electron chi connectivity index (χ3n) is 4.45. The lowest BCUT2D eigenvalue weighted by molar-refractivity contribution is -0.138. The number of oxazole rings is 1. The fourth-order valence-electron chi connectivity index (χ4n) is 2.96. The molecule has 2 aromatic carbocycles. The number of halogens is 3. The molecule has 32 heavy (non-hydrogen) atoms. The lowest BCUT2D eigenvalue weighted by Crippen LogP contribution is -2.04. The van der Waals surface area contributed by atoms with Crippen molar-refractivity contribution in [3.8, 4) is 17.2 Å². The Labute approximate surface area is 183 Å². The predicted octanol–water partition coefficient (Wildman–Crippen LogP) is 6.21. The summed E-state index contributed by atoms with van der Waals surface area (Å²) >= 11 is 0. The largest absolute Gasteiger partial charge is 0.487 e. The maximum atomic E-state index is 12.7. The number of carbonyl (C=O) groups excluding carboxylic acids is 1. The van der Waals surface area contributed by atoms with Crippen molar-refractivity contribution in [3.63, 3.8) is 0 Å². The second-order valence-corrected chi connectivity index (χ2v) is 7.13. The minimum absolute atomic E-state index is 0.105. The highest BCUT2D eigenvalue weighted by molar-refractivity contribution is 5.93. The number of nitrogens with zero attached hydrogens (tertiary/aromatic N) is 1. The molecule has 0 aliphatic carbocycles. The van der Waals surface area contributed by atoms with Crippen molar-refractivity contribution in [1.82, 2.24) is 4.98 Å². The molecule has 0 spiro atoms. The minimum Gasteiger partial charge on any atom is -0.487 e. The molecule has 1 aromatic heterocycles. The average Bonchev–Trinajstić information content (AvgIpc) is 3.20. The van der Waals surface area contributed by atoms with Crippen LogP contribution < -0.4 is 4.74 Å². The zero-order valence-corrected chi connectivity index (χ0v) is 17.8. The van der Waals surface area contributed by atoms with Crippen LogP contribution in [0.5, 0.6) is 5.75 Å². The number of aromatic nitrogens is 1. The van der Waals surface area contributed by atoms with Gasteiger partial charge >= 0.3 is 12.1 Å². The number of ether oxygens (including phenoxy) is 2. The molecule has 0 saturated carbocycles. The van der Waals surface area contributed by atoms with E-state index in [2.05, 4.69) is 4.98 Å². The molecular formula is C24H22F3NO4. The lowest BCUT2D eigenvalue weighted by Gasteiger charge is -2.08. The van der Waals surface area contributed by atoms with Crippen LogP contribution in [0.1, 0.15) is 36.2 Å². The fraction of sp³-hybridized carbons (Fsp3) is 0.250. The van der Waals surface area contributed by atoms with E-state index in [1.165, 1.54) is 18.4 Å². The van der Waals surface area contributed by atoms with Gasteiger partial charge in [0.05, 0.1) is 12.2 Å². The summed E-state index contributed by atoms with van der Waals surface area (Å²) in [6.07, 6.45) is -1.28. The van der Waals surface area contributed by atoms with Gasteiger partial charge in [0.15, 0.2) is 0 Å². The molecule has 0 saturated heterocycles.